The highest BCUT2D eigenvalue weighted by Crippen LogP contribution is 2.34. The minimum absolute atomic E-state index is 0. The molecule has 2 aliphatic rings. The Bertz CT molecular complexity index is 143. The Morgan fingerprint density at radius 2 is 2.36 bits per heavy atom. The lowest BCUT2D eigenvalue weighted by atomic mass is 9.79. The van der Waals surface area contributed by atoms with Crippen molar-refractivity contribution in [2.45, 2.75) is 19.3 Å². The van der Waals surface area contributed by atoms with Crippen molar-refractivity contribution in [2.24, 2.45) is 5.41 Å². The van der Waals surface area contributed by atoms with Gasteiger partial charge in [-0.25, -0.2) is 0 Å². The Kier molecular flexibility index (Phi) is 1.90. The first-order valence-corrected chi connectivity index (χ1v) is 4.70. The van der Waals surface area contributed by atoms with E-state index in [9.17, 15) is 0 Å². The van der Waals surface area contributed by atoms with Crippen LogP contribution in [0.15, 0.2) is 0 Å². The van der Waals surface area contributed by atoms with Crippen LogP contribution in [0.4, 0.5) is 0 Å². The fraction of sp³-hybridized carbons (Fsp3) is 1.00. The van der Waals surface area contributed by atoms with Crippen molar-refractivity contribution >= 4 is 0 Å². The molecule has 66 valence electrons. The maximum atomic E-state index is 3.48. The molecule has 2 saturated heterocycles. The number of nitrogens with one attached hydrogen (secondary N) is 1. The van der Waals surface area contributed by atoms with Gasteiger partial charge in [0.2, 0.25) is 0 Å². The topological polar surface area (TPSA) is 15.3 Å². The third kappa shape index (κ3) is 1.42. The van der Waals surface area contributed by atoms with E-state index in [1.54, 1.807) is 0 Å². The molecule has 1 spiro atoms. The molecule has 2 fully saturated rings. The summed E-state index contributed by atoms with van der Waals surface area (Å²) >= 11 is 0. The molecule has 1 atom stereocenters. The molecular formula is C9H20N2. The highest BCUT2D eigenvalue weighted by molar-refractivity contribution is 4.92. The van der Waals surface area contributed by atoms with Crippen LogP contribution in [-0.2, 0) is 0 Å². The van der Waals surface area contributed by atoms with Gasteiger partial charge in [0, 0.05) is 14.5 Å². The minimum atomic E-state index is 0. The average molecular weight is 156 g/mol. The summed E-state index contributed by atoms with van der Waals surface area (Å²) in [6.45, 7) is 5.13. The van der Waals surface area contributed by atoms with Crippen LogP contribution in [0.5, 0.6) is 0 Å². The summed E-state index contributed by atoms with van der Waals surface area (Å²) in [4.78, 5) is 2.48. The zero-order valence-electron chi connectivity index (χ0n) is 7.40. The molecule has 0 saturated carbocycles. The molecule has 0 aromatic carbocycles. The van der Waals surface area contributed by atoms with Gasteiger partial charge in [0.25, 0.3) is 0 Å². The summed E-state index contributed by atoms with van der Waals surface area (Å²) in [5, 5.41) is 3.48. The Morgan fingerprint density at radius 1 is 1.45 bits per heavy atom. The normalized spacial score (nSPS) is 40.1. The summed E-state index contributed by atoms with van der Waals surface area (Å²) in [7, 11) is 2.25. The van der Waals surface area contributed by atoms with E-state index in [0.29, 0.717) is 5.41 Å². The van der Waals surface area contributed by atoms with E-state index in [2.05, 4.69) is 17.3 Å². The van der Waals surface area contributed by atoms with Crippen LogP contribution in [0.25, 0.3) is 0 Å². The molecule has 2 rings (SSSR count). The SMILES string of the molecule is CN1CCCC2(CCNC2)C1.[HH]. The first-order valence-electron chi connectivity index (χ1n) is 4.70. The second kappa shape index (κ2) is 2.76. The van der Waals surface area contributed by atoms with Gasteiger partial charge in [-0.2, -0.15) is 0 Å². The minimum Gasteiger partial charge on any atom is -0.316 e. The summed E-state index contributed by atoms with van der Waals surface area (Å²) in [5.74, 6) is 0. The summed E-state index contributed by atoms with van der Waals surface area (Å²) in [6.07, 6.45) is 4.25. The van der Waals surface area contributed by atoms with Gasteiger partial charge < -0.3 is 10.2 Å². The third-order valence-corrected chi connectivity index (χ3v) is 3.18. The highest BCUT2D eigenvalue weighted by Gasteiger charge is 2.36. The fourth-order valence-corrected chi connectivity index (χ4v) is 2.60. The van der Waals surface area contributed by atoms with Crippen LogP contribution in [0.2, 0.25) is 0 Å². The van der Waals surface area contributed by atoms with E-state index < -0.39 is 0 Å². The number of rotatable bonds is 0. The molecule has 1 unspecified atom stereocenters. The van der Waals surface area contributed by atoms with E-state index in [-0.39, 0.29) is 1.43 Å². The van der Waals surface area contributed by atoms with Crippen molar-refractivity contribution in [3.8, 4) is 0 Å². The Labute approximate surface area is 70.4 Å². The number of hydrogen-bond donors (Lipinski definition) is 1. The van der Waals surface area contributed by atoms with Gasteiger partial charge in [0.15, 0.2) is 0 Å². The molecule has 2 nitrogen and oxygen atoms in total. The zero-order chi connectivity index (χ0) is 7.73. The van der Waals surface area contributed by atoms with Gasteiger partial charge >= 0.3 is 0 Å². The molecular weight excluding hydrogens is 136 g/mol. The number of piperidine rings is 1. The third-order valence-electron chi connectivity index (χ3n) is 3.18. The maximum Gasteiger partial charge on any atom is 0.00476 e. The van der Waals surface area contributed by atoms with Crippen molar-refractivity contribution in [1.29, 1.82) is 0 Å². The molecule has 1 N–H and O–H groups in total. The van der Waals surface area contributed by atoms with E-state index in [1.807, 2.05) is 0 Å². The molecule has 0 amide bonds. The predicted octanol–water partition coefficient (Wildman–Crippen LogP) is 0.938. The van der Waals surface area contributed by atoms with Crippen molar-refractivity contribution in [2.75, 3.05) is 33.2 Å². The van der Waals surface area contributed by atoms with Crippen molar-refractivity contribution < 1.29 is 1.43 Å². The fourth-order valence-electron chi connectivity index (χ4n) is 2.60. The van der Waals surface area contributed by atoms with E-state index in [1.165, 1.54) is 45.4 Å². The first kappa shape index (κ1) is 7.56. The van der Waals surface area contributed by atoms with Crippen LogP contribution >= 0.6 is 0 Å². The zero-order valence-corrected chi connectivity index (χ0v) is 7.40. The van der Waals surface area contributed by atoms with Gasteiger partial charge in [-0.1, -0.05) is 0 Å². The van der Waals surface area contributed by atoms with E-state index in [0.717, 1.165) is 0 Å². The van der Waals surface area contributed by atoms with Gasteiger partial charge in [-0.3, -0.25) is 0 Å². The smallest absolute Gasteiger partial charge is 0.00476 e. The summed E-state index contributed by atoms with van der Waals surface area (Å²) in [6, 6.07) is 0. The summed E-state index contributed by atoms with van der Waals surface area (Å²) in [5.41, 5.74) is 0.660. The Morgan fingerprint density at radius 3 is 3.00 bits per heavy atom. The lowest BCUT2D eigenvalue weighted by Gasteiger charge is -2.38. The molecule has 0 bridgehead atoms. The van der Waals surface area contributed by atoms with Crippen LogP contribution in [0.3, 0.4) is 0 Å². The molecule has 0 aromatic heterocycles. The number of nitrogens with zero attached hydrogens (tertiary/aromatic N) is 1. The first-order chi connectivity index (χ1) is 5.31. The Balaban J connectivity index is 0.000000720. The predicted molar refractivity (Wildman–Crippen MR) is 48.8 cm³/mol. The molecule has 2 heterocycles. The Hall–Kier alpha value is -0.0800. The lowest BCUT2D eigenvalue weighted by molar-refractivity contribution is 0.126. The van der Waals surface area contributed by atoms with Crippen molar-refractivity contribution in [3.63, 3.8) is 0 Å². The largest absolute Gasteiger partial charge is 0.316 e. The molecule has 2 heteroatoms. The molecule has 0 aliphatic carbocycles. The highest BCUT2D eigenvalue weighted by atomic mass is 15.1. The lowest BCUT2D eigenvalue weighted by Crippen LogP contribution is -2.42. The van der Waals surface area contributed by atoms with Gasteiger partial charge in [-0.15, -0.1) is 0 Å². The van der Waals surface area contributed by atoms with Crippen molar-refractivity contribution in [3.05, 3.63) is 0 Å². The van der Waals surface area contributed by atoms with E-state index in [4.69, 9.17) is 0 Å². The van der Waals surface area contributed by atoms with Gasteiger partial charge in [-0.05, 0) is 44.8 Å². The molecule has 2 aliphatic heterocycles. The molecule has 11 heavy (non-hydrogen) atoms. The molecule has 0 radical (unpaired) electrons. The average Bonchev–Trinajstić information content (AvgIpc) is 2.37. The second-order valence-electron chi connectivity index (χ2n) is 4.27. The van der Waals surface area contributed by atoms with Gasteiger partial charge in [0.05, 0.1) is 0 Å². The van der Waals surface area contributed by atoms with Crippen LogP contribution in [0, 0.1) is 5.41 Å². The van der Waals surface area contributed by atoms with Crippen LogP contribution < -0.4 is 5.32 Å². The standard InChI is InChI=1S/C9H18N2.H2/c1-11-6-2-3-9(8-11)4-5-10-7-9;/h10H,2-8H2,1H3;1H. The monoisotopic (exact) mass is 156 g/mol. The van der Waals surface area contributed by atoms with Crippen LogP contribution in [-0.4, -0.2) is 38.1 Å². The quantitative estimate of drug-likeness (QED) is 0.561. The maximum absolute atomic E-state index is 3.48. The van der Waals surface area contributed by atoms with Gasteiger partial charge in [0.1, 0.15) is 0 Å². The van der Waals surface area contributed by atoms with Crippen molar-refractivity contribution in [1.82, 2.24) is 10.2 Å². The molecule has 0 aromatic rings. The summed E-state index contributed by atoms with van der Waals surface area (Å²) < 4.78 is 0. The number of hydrogen-bond acceptors (Lipinski definition) is 2. The van der Waals surface area contributed by atoms with E-state index >= 15 is 0 Å². The second-order valence-corrected chi connectivity index (χ2v) is 4.27. The number of likely N-dealkylation sites (tertiary alicyclic amines) is 1. The van der Waals surface area contributed by atoms with Crippen LogP contribution in [0.1, 0.15) is 20.7 Å².